The standard InChI is InChI=1S/C18H33NOS/c1-2-19-13-16-6-4-3-5-7-17(16)15-8-10-20-18(12-15)9-11-21-14-18/h15-17,19H,2-14H2,1H3. The van der Waals surface area contributed by atoms with Crippen molar-refractivity contribution < 1.29 is 4.74 Å². The van der Waals surface area contributed by atoms with E-state index in [1.807, 2.05) is 0 Å². The molecule has 1 saturated carbocycles. The zero-order valence-electron chi connectivity index (χ0n) is 13.7. The van der Waals surface area contributed by atoms with Crippen molar-refractivity contribution in [3.63, 3.8) is 0 Å². The lowest BCUT2D eigenvalue weighted by atomic mass is 9.71. The summed E-state index contributed by atoms with van der Waals surface area (Å²) >= 11 is 2.11. The minimum atomic E-state index is 0.266. The zero-order chi connectivity index (χ0) is 14.5. The Kier molecular flexibility index (Phi) is 5.92. The van der Waals surface area contributed by atoms with Gasteiger partial charge in [0, 0.05) is 12.4 Å². The van der Waals surface area contributed by atoms with Gasteiger partial charge in [0.15, 0.2) is 0 Å². The van der Waals surface area contributed by atoms with E-state index in [9.17, 15) is 0 Å². The lowest BCUT2D eigenvalue weighted by Crippen LogP contribution is -2.44. The Balaban J connectivity index is 1.66. The molecule has 1 spiro atoms. The highest BCUT2D eigenvalue weighted by Crippen LogP contribution is 2.46. The van der Waals surface area contributed by atoms with E-state index in [-0.39, 0.29) is 5.60 Å². The molecule has 3 fully saturated rings. The van der Waals surface area contributed by atoms with Crippen LogP contribution in [0.5, 0.6) is 0 Å². The largest absolute Gasteiger partial charge is 0.374 e. The molecule has 0 amide bonds. The fourth-order valence-corrected chi connectivity index (χ4v) is 6.29. The van der Waals surface area contributed by atoms with Crippen LogP contribution in [0.3, 0.4) is 0 Å². The first-order valence-corrected chi connectivity index (χ1v) is 10.4. The summed E-state index contributed by atoms with van der Waals surface area (Å²) in [5.74, 6) is 5.38. The number of nitrogens with one attached hydrogen (secondary N) is 1. The molecular weight excluding hydrogens is 278 g/mol. The third kappa shape index (κ3) is 3.97. The predicted octanol–water partition coefficient (Wildman–Crippen LogP) is 4.09. The van der Waals surface area contributed by atoms with E-state index in [0.29, 0.717) is 0 Å². The van der Waals surface area contributed by atoms with Crippen LogP contribution in [0.2, 0.25) is 0 Å². The van der Waals surface area contributed by atoms with Crippen molar-refractivity contribution in [3.05, 3.63) is 0 Å². The Bertz CT molecular complexity index is 316. The number of ether oxygens (including phenoxy) is 1. The van der Waals surface area contributed by atoms with Crippen LogP contribution in [0.15, 0.2) is 0 Å². The number of hydrogen-bond acceptors (Lipinski definition) is 3. The van der Waals surface area contributed by atoms with E-state index >= 15 is 0 Å². The summed E-state index contributed by atoms with van der Waals surface area (Å²) in [7, 11) is 0. The van der Waals surface area contributed by atoms with Gasteiger partial charge < -0.3 is 10.1 Å². The molecule has 2 heterocycles. The molecule has 0 aromatic heterocycles. The molecule has 0 radical (unpaired) electrons. The third-order valence-electron chi connectivity index (χ3n) is 6.08. The van der Waals surface area contributed by atoms with Crippen LogP contribution in [0.1, 0.15) is 58.3 Å². The fraction of sp³-hybridized carbons (Fsp3) is 1.00. The normalized spacial score (nSPS) is 41.3. The van der Waals surface area contributed by atoms with Gasteiger partial charge >= 0.3 is 0 Å². The van der Waals surface area contributed by atoms with Crippen LogP contribution in [0, 0.1) is 17.8 Å². The molecule has 0 aromatic rings. The third-order valence-corrected chi connectivity index (χ3v) is 7.30. The Morgan fingerprint density at radius 1 is 1.19 bits per heavy atom. The molecule has 122 valence electrons. The van der Waals surface area contributed by atoms with Gasteiger partial charge in [-0.3, -0.25) is 0 Å². The highest BCUT2D eigenvalue weighted by molar-refractivity contribution is 7.99. The second-order valence-electron chi connectivity index (χ2n) is 7.46. The SMILES string of the molecule is CCNCC1CCCCCC1C1CCOC2(CCSC2)C1. The Labute approximate surface area is 135 Å². The van der Waals surface area contributed by atoms with Crippen molar-refractivity contribution in [1.29, 1.82) is 0 Å². The molecule has 1 N–H and O–H groups in total. The van der Waals surface area contributed by atoms with Gasteiger partial charge in [0.25, 0.3) is 0 Å². The van der Waals surface area contributed by atoms with Gasteiger partial charge in [-0.1, -0.05) is 26.2 Å². The van der Waals surface area contributed by atoms with Crippen LogP contribution in [0.4, 0.5) is 0 Å². The molecular formula is C18H33NOS. The smallest absolute Gasteiger partial charge is 0.0783 e. The summed E-state index contributed by atoms with van der Waals surface area (Å²) in [5, 5.41) is 3.64. The summed E-state index contributed by atoms with van der Waals surface area (Å²) in [6.07, 6.45) is 11.3. The summed E-state index contributed by atoms with van der Waals surface area (Å²) < 4.78 is 6.26. The molecule has 4 unspecified atom stereocenters. The average molecular weight is 312 g/mol. The Hall–Kier alpha value is 0.270. The average Bonchev–Trinajstić information content (AvgIpc) is 2.82. The van der Waals surface area contributed by atoms with E-state index in [2.05, 4.69) is 24.0 Å². The second kappa shape index (κ2) is 7.70. The maximum Gasteiger partial charge on any atom is 0.0783 e. The van der Waals surface area contributed by atoms with Crippen LogP contribution < -0.4 is 5.32 Å². The zero-order valence-corrected chi connectivity index (χ0v) is 14.6. The molecule has 0 bridgehead atoms. The first-order chi connectivity index (χ1) is 10.3. The Morgan fingerprint density at radius 3 is 2.90 bits per heavy atom. The first-order valence-electron chi connectivity index (χ1n) is 9.25. The lowest BCUT2D eigenvalue weighted by molar-refractivity contribution is -0.0942. The van der Waals surface area contributed by atoms with E-state index < -0.39 is 0 Å². The highest BCUT2D eigenvalue weighted by atomic mass is 32.2. The van der Waals surface area contributed by atoms with Gasteiger partial charge in [0.2, 0.25) is 0 Å². The number of hydrogen-bond donors (Lipinski definition) is 1. The van der Waals surface area contributed by atoms with E-state index in [1.54, 1.807) is 0 Å². The summed E-state index contributed by atoms with van der Waals surface area (Å²) in [6.45, 7) is 5.64. The quantitative estimate of drug-likeness (QED) is 0.790. The van der Waals surface area contributed by atoms with Crippen molar-refractivity contribution in [2.75, 3.05) is 31.2 Å². The van der Waals surface area contributed by atoms with Crippen molar-refractivity contribution in [2.45, 2.75) is 63.9 Å². The summed E-state index contributed by atoms with van der Waals surface area (Å²) in [4.78, 5) is 0. The van der Waals surface area contributed by atoms with E-state index in [1.165, 1.54) is 69.4 Å². The molecule has 2 nitrogen and oxygen atoms in total. The van der Waals surface area contributed by atoms with Gasteiger partial charge in [0.05, 0.1) is 5.60 Å². The predicted molar refractivity (Wildman–Crippen MR) is 92.0 cm³/mol. The van der Waals surface area contributed by atoms with Crippen molar-refractivity contribution in [1.82, 2.24) is 5.32 Å². The molecule has 0 aromatic carbocycles. The maximum atomic E-state index is 6.26. The first kappa shape index (κ1) is 16.1. The fourth-order valence-electron chi connectivity index (χ4n) is 4.91. The highest BCUT2D eigenvalue weighted by Gasteiger charge is 2.43. The van der Waals surface area contributed by atoms with Crippen LogP contribution >= 0.6 is 11.8 Å². The lowest BCUT2D eigenvalue weighted by Gasteiger charge is -2.43. The van der Waals surface area contributed by atoms with Crippen LogP contribution in [0.25, 0.3) is 0 Å². The van der Waals surface area contributed by atoms with Crippen LogP contribution in [-0.4, -0.2) is 36.8 Å². The maximum absolute atomic E-state index is 6.26. The molecule has 2 saturated heterocycles. The summed E-state index contributed by atoms with van der Waals surface area (Å²) in [6, 6.07) is 0. The molecule has 3 rings (SSSR count). The monoisotopic (exact) mass is 311 g/mol. The van der Waals surface area contributed by atoms with Crippen LogP contribution in [-0.2, 0) is 4.74 Å². The Morgan fingerprint density at radius 2 is 2.10 bits per heavy atom. The van der Waals surface area contributed by atoms with Crippen molar-refractivity contribution in [3.8, 4) is 0 Å². The molecule has 21 heavy (non-hydrogen) atoms. The van der Waals surface area contributed by atoms with Gasteiger partial charge in [-0.25, -0.2) is 0 Å². The van der Waals surface area contributed by atoms with E-state index in [0.717, 1.165) is 30.9 Å². The van der Waals surface area contributed by atoms with Crippen molar-refractivity contribution >= 4 is 11.8 Å². The van der Waals surface area contributed by atoms with E-state index in [4.69, 9.17) is 4.74 Å². The number of thioether (sulfide) groups is 1. The molecule has 1 aliphatic carbocycles. The molecule has 4 atom stereocenters. The van der Waals surface area contributed by atoms with Crippen molar-refractivity contribution in [2.24, 2.45) is 17.8 Å². The second-order valence-corrected chi connectivity index (χ2v) is 8.56. The molecule has 3 heteroatoms. The number of rotatable bonds is 4. The van der Waals surface area contributed by atoms with Gasteiger partial charge in [0.1, 0.15) is 0 Å². The summed E-state index contributed by atoms with van der Waals surface area (Å²) in [5.41, 5.74) is 0.266. The van der Waals surface area contributed by atoms with Gasteiger partial charge in [-0.15, -0.1) is 0 Å². The minimum Gasteiger partial charge on any atom is -0.374 e. The molecule has 2 aliphatic heterocycles. The topological polar surface area (TPSA) is 21.3 Å². The minimum absolute atomic E-state index is 0.266. The van der Waals surface area contributed by atoms with Gasteiger partial charge in [-0.05, 0) is 68.7 Å². The van der Waals surface area contributed by atoms with Gasteiger partial charge in [-0.2, -0.15) is 11.8 Å². The molecule has 3 aliphatic rings.